The van der Waals surface area contributed by atoms with Crippen molar-refractivity contribution in [1.82, 2.24) is 4.90 Å². The zero-order valence-corrected chi connectivity index (χ0v) is 9.48. The number of likely N-dealkylation sites (tertiary alicyclic amines) is 1. The van der Waals surface area contributed by atoms with Crippen molar-refractivity contribution in [3.05, 3.63) is 29.8 Å². The summed E-state index contributed by atoms with van der Waals surface area (Å²) < 4.78 is 0. The number of carbonyl (C=O) groups is 1. The van der Waals surface area contributed by atoms with Crippen LogP contribution in [-0.2, 0) is 0 Å². The van der Waals surface area contributed by atoms with Gasteiger partial charge in [0.05, 0.1) is 0 Å². The van der Waals surface area contributed by atoms with E-state index in [2.05, 4.69) is 4.90 Å². The second kappa shape index (κ2) is 5.12. The summed E-state index contributed by atoms with van der Waals surface area (Å²) in [5.74, 6) is 0.157. The first-order valence-corrected chi connectivity index (χ1v) is 5.87. The average Bonchev–Trinajstić information content (AvgIpc) is 2.79. The van der Waals surface area contributed by atoms with Gasteiger partial charge in [-0.1, -0.05) is 12.1 Å². The van der Waals surface area contributed by atoms with Gasteiger partial charge in [0.15, 0.2) is 5.78 Å². The van der Waals surface area contributed by atoms with Gasteiger partial charge in [-0.05, 0) is 38.1 Å². The van der Waals surface area contributed by atoms with Crippen LogP contribution < -0.4 is 5.73 Å². The lowest BCUT2D eigenvalue weighted by Crippen LogP contribution is -2.22. The van der Waals surface area contributed by atoms with E-state index in [4.69, 9.17) is 5.73 Å². The SMILES string of the molecule is Nc1ccccc1C(=O)CCN1CCCC1. The molecular formula is C13H18N2O. The number of rotatable bonds is 4. The molecule has 1 heterocycles. The Morgan fingerprint density at radius 2 is 1.94 bits per heavy atom. The molecule has 2 rings (SSSR count). The predicted molar refractivity (Wildman–Crippen MR) is 65.5 cm³/mol. The highest BCUT2D eigenvalue weighted by Crippen LogP contribution is 2.14. The Morgan fingerprint density at radius 1 is 1.25 bits per heavy atom. The maximum absolute atomic E-state index is 11.9. The molecule has 2 N–H and O–H groups in total. The van der Waals surface area contributed by atoms with Gasteiger partial charge < -0.3 is 10.6 Å². The summed E-state index contributed by atoms with van der Waals surface area (Å²) in [6, 6.07) is 7.30. The molecule has 1 aliphatic heterocycles. The fourth-order valence-electron chi connectivity index (χ4n) is 2.15. The molecule has 0 atom stereocenters. The van der Waals surface area contributed by atoms with Crippen molar-refractivity contribution in [2.45, 2.75) is 19.3 Å². The minimum absolute atomic E-state index is 0.157. The third-order valence-corrected chi connectivity index (χ3v) is 3.11. The Bertz CT molecular complexity index is 370. The molecule has 0 unspecified atom stereocenters. The maximum atomic E-state index is 11.9. The lowest BCUT2D eigenvalue weighted by atomic mass is 10.1. The standard InChI is InChI=1S/C13H18N2O/c14-12-6-2-1-5-11(12)13(16)7-10-15-8-3-4-9-15/h1-2,5-6H,3-4,7-10,14H2. The number of nitrogens with zero attached hydrogens (tertiary/aromatic N) is 1. The number of nitrogens with two attached hydrogens (primary N) is 1. The minimum Gasteiger partial charge on any atom is -0.398 e. The molecule has 1 aromatic carbocycles. The van der Waals surface area contributed by atoms with E-state index < -0.39 is 0 Å². The summed E-state index contributed by atoms with van der Waals surface area (Å²) >= 11 is 0. The van der Waals surface area contributed by atoms with E-state index in [9.17, 15) is 4.79 Å². The lowest BCUT2D eigenvalue weighted by Gasteiger charge is -2.13. The summed E-state index contributed by atoms with van der Waals surface area (Å²) in [4.78, 5) is 14.3. The molecule has 0 bridgehead atoms. The Balaban J connectivity index is 1.90. The normalized spacial score (nSPS) is 16.5. The molecule has 0 aliphatic carbocycles. The molecule has 3 heteroatoms. The Hall–Kier alpha value is -1.35. The molecule has 16 heavy (non-hydrogen) atoms. The van der Waals surface area contributed by atoms with Gasteiger partial charge in [0.2, 0.25) is 0 Å². The lowest BCUT2D eigenvalue weighted by molar-refractivity contribution is 0.0970. The van der Waals surface area contributed by atoms with Gasteiger partial charge in [-0.3, -0.25) is 4.79 Å². The van der Waals surface area contributed by atoms with E-state index in [-0.39, 0.29) is 5.78 Å². The van der Waals surface area contributed by atoms with E-state index >= 15 is 0 Å². The van der Waals surface area contributed by atoms with Crippen LogP contribution in [-0.4, -0.2) is 30.3 Å². The van der Waals surface area contributed by atoms with Gasteiger partial charge in [-0.15, -0.1) is 0 Å². The van der Waals surface area contributed by atoms with Crippen molar-refractivity contribution in [3.8, 4) is 0 Å². The smallest absolute Gasteiger partial charge is 0.166 e. The zero-order valence-electron chi connectivity index (χ0n) is 9.48. The first-order chi connectivity index (χ1) is 7.77. The molecule has 86 valence electrons. The molecular weight excluding hydrogens is 200 g/mol. The van der Waals surface area contributed by atoms with Gasteiger partial charge >= 0.3 is 0 Å². The van der Waals surface area contributed by atoms with Crippen LogP contribution in [0.3, 0.4) is 0 Å². The summed E-state index contributed by atoms with van der Waals surface area (Å²) in [6.45, 7) is 3.14. The van der Waals surface area contributed by atoms with Crippen molar-refractivity contribution < 1.29 is 4.79 Å². The van der Waals surface area contributed by atoms with Crippen LogP contribution in [0.5, 0.6) is 0 Å². The minimum atomic E-state index is 0.157. The molecule has 1 fully saturated rings. The number of Topliss-reactive ketones (excluding diaryl/α,β-unsaturated/α-hetero) is 1. The summed E-state index contributed by atoms with van der Waals surface area (Å²) in [6.07, 6.45) is 3.11. The van der Waals surface area contributed by atoms with Gasteiger partial charge in [0.1, 0.15) is 0 Å². The topological polar surface area (TPSA) is 46.3 Å². The van der Waals surface area contributed by atoms with Gasteiger partial charge in [0, 0.05) is 24.2 Å². The van der Waals surface area contributed by atoms with Crippen molar-refractivity contribution in [2.24, 2.45) is 0 Å². The fraction of sp³-hybridized carbons (Fsp3) is 0.462. The monoisotopic (exact) mass is 218 g/mol. The molecule has 3 nitrogen and oxygen atoms in total. The van der Waals surface area contributed by atoms with Crippen molar-refractivity contribution >= 4 is 11.5 Å². The van der Waals surface area contributed by atoms with Crippen LogP contribution in [0, 0.1) is 0 Å². The number of benzene rings is 1. The van der Waals surface area contributed by atoms with Crippen molar-refractivity contribution in [2.75, 3.05) is 25.4 Å². The van der Waals surface area contributed by atoms with E-state index in [0.29, 0.717) is 17.7 Å². The van der Waals surface area contributed by atoms with Gasteiger partial charge in [-0.25, -0.2) is 0 Å². The van der Waals surface area contributed by atoms with Crippen LogP contribution in [0.4, 0.5) is 5.69 Å². The third-order valence-electron chi connectivity index (χ3n) is 3.11. The van der Waals surface area contributed by atoms with Crippen LogP contribution >= 0.6 is 0 Å². The Labute approximate surface area is 96.2 Å². The second-order valence-corrected chi connectivity index (χ2v) is 4.31. The molecule has 1 saturated heterocycles. The van der Waals surface area contributed by atoms with Crippen molar-refractivity contribution in [1.29, 1.82) is 0 Å². The van der Waals surface area contributed by atoms with E-state index in [1.54, 1.807) is 6.07 Å². The average molecular weight is 218 g/mol. The van der Waals surface area contributed by atoms with E-state index in [1.165, 1.54) is 12.8 Å². The molecule has 0 aromatic heterocycles. The first kappa shape index (κ1) is 11.1. The summed E-state index contributed by atoms with van der Waals surface area (Å²) in [7, 11) is 0. The number of hydrogen-bond donors (Lipinski definition) is 1. The van der Waals surface area contributed by atoms with Crippen LogP contribution in [0.1, 0.15) is 29.6 Å². The molecule has 0 radical (unpaired) electrons. The first-order valence-electron chi connectivity index (χ1n) is 5.87. The van der Waals surface area contributed by atoms with Crippen LogP contribution in [0.2, 0.25) is 0 Å². The largest absolute Gasteiger partial charge is 0.398 e. The molecule has 0 saturated carbocycles. The number of hydrogen-bond acceptors (Lipinski definition) is 3. The highest BCUT2D eigenvalue weighted by atomic mass is 16.1. The molecule has 0 amide bonds. The van der Waals surface area contributed by atoms with E-state index in [0.717, 1.165) is 19.6 Å². The molecule has 1 aromatic rings. The van der Waals surface area contributed by atoms with Crippen LogP contribution in [0.15, 0.2) is 24.3 Å². The number of carbonyl (C=O) groups excluding carboxylic acids is 1. The maximum Gasteiger partial charge on any atom is 0.166 e. The highest BCUT2D eigenvalue weighted by Gasteiger charge is 2.14. The molecule has 0 spiro atoms. The zero-order chi connectivity index (χ0) is 11.4. The number of ketones is 1. The Kier molecular flexibility index (Phi) is 3.57. The summed E-state index contributed by atoms with van der Waals surface area (Å²) in [5, 5.41) is 0. The second-order valence-electron chi connectivity index (χ2n) is 4.31. The molecule has 1 aliphatic rings. The Morgan fingerprint density at radius 3 is 2.62 bits per heavy atom. The quantitative estimate of drug-likeness (QED) is 0.620. The number of para-hydroxylation sites is 1. The number of nitrogen functional groups attached to an aromatic ring is 1. The highest BCUT2D eigenvalue weighted by molar-refractivity contribution is 6.00. The summed E-state index contributed by atoms with van der Waals surface area (Å²) in [5.41, 5.74) is 7.03. The third kappa shape index (κ3) is 2.61. The fourth-order valence-corrected chi connectivity index (χ4v) is 2.15. The van der Waals surface area contributed by atoms with Crippen LogP contribution in [0.25, 0.3) is 0 Å². The number of anilines is 1. The van der Waals surface area contributed by atoms with Crippen molar-refractivity contribution in [3.63, 3.8) is 0 Å². The van der Waals surface area contributed by atoms with Gasteiger partial charge in [0.25, 0.3) is 0 Å². The van der Waals surface area contributed by atoms with E-state index in [1.807, 2.05) is 18.2 Å². The van der Waals surface area contributed by atoms with Gasteiger partial charge in [-0.2, -0.15) is 0 Å². The predicted octanol–water partition coefficient (Wildman–Crippen LogP) is 1.94.